The average molecular weight is 386 g/mol. The normalized spacial score (nSPS) is 13.4. The Morgan fingerprint density at radius 3 is 2.39 bits per heavy atom. The van der Waals surface area contributed by atoms with Crippen molar-refractivity contribution >= 4 is 17.3 Å². The highest BCUT2D eigenvalue weighted by Crippen LogP contribution is 2.33. The smallest absolute Gasteiger partial charge is 0.246 e. The molecule has 0 unspecified atom stereocenters. The summed E-state index contributed by atoms with van der Waals surface area (Å²) in [6, 6.07) is 10.4. The van der Waals surface area contributed by atoms with Gasteiger partial charge in [0.15, 0.2) is 23.0 Å². The van der Waals surface area contributed by atoms with Crippen molar-refractivity contribution in [2.45, 2.75) is 26.8 Å². The number of carbonyl (C=O) groups excluding carboxylic acids is 1. The SMILES string of the molecule is CCOc1ccc(N[C@@H](C)C(=O)Nc2ccc3c(c2)OCCO3)cc1OCC. The number of carbonyl (C=O) groups is 1. The van der Waals surface area contributed by atoms with Gasteiger partial charge in [0.05, 0.1) is 13.2 Å². The van der Waals surface area contributed by atoms with Crippen LogP contribution in [-0.4, -0.2) is 38.4 Å². The predicted octanol–water partition coefficient (Wildman–Crippen LogP) is 3.69. The highest BCUT2D eigenvalue weighted by Gasteiger charge is 2.17. The summed E-state index contributed by atoms with van der Waals surface area (Å²) in [7, 11) is 0. The molecule has 0 aromatic heterocycles. The van der Waals surface area contributed by atoms with Crippen LogP contribution in [0.25, 0.3) is 0 Å². The van der Waals surface area contributed by atoms with Crippen LogP contribution in [0.4, 0.5) is 11.4 Å². The number of hydrogen-bond donors (Lipinski definition) is 2. The first-order valence-corrected chi connectivity index (χ1v) is 9.47. The molecule has 0 fully saturated rings. The number of amides is 1. The summed E-state index contributed by atoms with van der Waals surface area (Å²) >= 11 is 0. The molecular weight excluding hydrogens is 360 g/mol. The standard InChI is InChI=1S/C21H26N2O5/c1-4-25-17-8-6-15(12-19(17)26-5-2)22-14(3)21(24)23-16-7-9-18-20(13-16)28-11-10-27-18/h6-9,12-14,22H,4-5,10-11H2,1-3H3,(H,23,24)/t14-/m0/s1. The third-order valence-corrected chi connectivity index (χ3v) is 4.13. The van der Waals surface area contributed by atoms with E-state index in [0.717, 1.165) is 5.69 Å². The molecule has 0 saturated carbocycles. The Balaban J connectivity index is 1.64. The molecule has 0 spiro atoms. The Kier molecular flexibility index (Phi) is 6.47. The fourth-order valence-electron chi connectivity index (χ4n) is 2.83. The molecule has 0 bridgehead atoms. The molecule has 0 aliphatic carbocycles. The Labute approximate surface area is 164 Å². The van der Waals surface area contributed by atoms with Crippen LogP contribution < -0.4 is 29.6 Å². The van der Waals surface area contributed by atoms with Crippen LogP contribution in [0, 0.1) is 0 Å². The molecule has 1 atom stereocenters. The molecule has 2 aromatic rings. The van der Waals surface area contributed by atoms with Gasteiger partial charge in [0, 0.05) is 23.5 Å². The van der Waals surface area contributed by atoms with E-state index in [-0.39, 0.29) is 5.91 Å². The molecule has 7 heteroatoms. The van der Waals surface area contributed by atoms with Crippen molar-refractivity contribution in [3.8, 4) is 23.0 Å². The Morgan fingerprint density at radius 2 is 1.64 bits per heavy atom. The highest BCUT2D eigenvalue weighted by atomic mass is 16.6. The average Bonchev–Trinajstić information content (AvgIpc) is 2.70. The minimum absolute atomic E-state index is 0.163. The van der Waals surface area contributed by atoms with E-state index in [1.807, 2.05) is 32.0 Å². The quantitative estimate of drug-likeness (QED) is 0.720. The second-order valence-electron chi connectivity index (χ2n) is 6.24. The van der Waals surface area contributed by atoms with E-state index >= 15 is 0 Å². The minimum Gasteiger partial charge on any atom is -0.490 e. The first kappa shape index (κ1) is 19.7. The fourth-order valence-corrected chi connectivity index (χ4v) is 2.83. The Hall–Kier alpha value is -3.09. The highest BCUT2D eigenvalue weighted by molar-refractivity contribution is 5.96. The number of fused-ring (bicyclic) bond motifs is 1. The number of rotatable bonds is 8. The number of hydrogen-bond acceptors (Lipinski definition) is 6. The molecule has 150 valence electrons. The first-order chi connectivity index (χ1) is 13.6. The minimum atomic E-state index is -0.458. The number of benzene rings is 2. The van der Waals surface area contributed by atoms with Crippen LogP contribution in [0.5, 0.6) is 23.0 Å². The van der Waals surface area contributed by atoms with E-state index in [0.29, 0.717) is 55.1 Å². The maximum Gasteiger partial charge on any atom is 0.246 e. The lowest BCUT2D eigenvalue weighted by Gasteiger charge is -2.20. The number of nitrogens with one attached hydrogen (secondary N) is 2. The van der Waals surface area contributed by atoms with E-state index in [1.54, 1.807) is 25.1 Å². The summed E-state index contributed by atoms with van der Waals surface area (Å²) in [4.78, 5) is 12.6. The molecular formula is C21H26N2O5. The van der Waals surface area contributed by atoms with Crippen molar-refractivity contribution in [3.05, 3.63) is 36.4 Å². The summed E-state index contributed by atoms with van der Waals surface area (Å²) in [6.45, 7) is 7.76. The molecule has 2 N–H and O–H groups in total. The molecule has 0 radical (unpaired) electrons. The summed E-state index contributed by atoms with van der Waals surface area (Å²) in [5.74, 6) is 2.49. The van der Waals surface area contributed by atoms with Gasteiger partial charge in [-0.25, -0.2) is 0 Å². The van der Waals surface area contributed by atoms with Gasteiger partial charge in [0.1, 0.15) is 19.3 Å². The molecule has 0 saturated heterocycles. The van der Waals surface area contributed by atoms with Crippen molar-refractivity contribution in [3.63, 3.8) is 0 Å². The largest absolute Gasteiger partial charge is 0.490 e. The second-order valence-corrected chi connectivity index (χ2v) is 6.24. The third-order valence-electron chi connectivity index (χ3n) is 4.13. The van der Waals surface area contributed by atoms with Crippen LogP contribution in [0.1, 0.15) is 20.8 Å². The number of anilines is 2. The van der Waals surface area contributed by atoms with Crippen LogP contribution in [0.15, 0.2) is 36.4 Å². The lowest BCUT2D eigenvalue weighted by Crippen LogP contribution is -2.31. The van der Waals surface area contributed by atoms with Gasteiger partial charge in [-0.1, -0.05) is 0 Å². The van der Waals surface area contributed by atoms with Crippen LogP contribution >= 0.6 is 0 Å². The van der Waals surface area contributed by atoms with Gasteiger partial charge < -0.3 is 29.6 Å². The predicted molar refractivity (Wildman–Crippen MR) is 108 cm³/mol. The van der Waals surface area contributed by atoms with Gasteiger partial charge >= 0.3 is 0 Å². The first-order valence-electron chi connectivity index (χ1n) is 9.47. The second kappa shape index (κ2) is 9.21. The molecule has 1 heterocycles. The van der Waals surface area contributed by atoms with Crippen molar-refractivity contribution in [1.82, 2.24) is 0 Å². The monoisotopic (exact) mass is 386 g/mol. The lowest BCUT2D eigenvalue weighted by molar-refractivity contribution is -0.116. The van der Waals surface area contributed by atoms with Crippen LogP contribution in [0.3, 0.4) is 0 Å². The zero-order chi connectivity index (χ0) is 19.9. The maximum absolute atomic E-state index is 12.6. The summed E-state index contributed by atoms with van der Waals surface area (Å²) in [5.41, 5.74) is 1.43. The molecule has 3 rings (SSSR count). The van der Waals surface area contributed by atoms with Crippen molar-refractivity contribution < 1.29 is 23.7 Å². The molecule has 1 aliphatic heterocycles. The third kappa shape index (κ3) is 4.79. The molecule has 1 aliphatic rings. The Morgan fingerprint density at radius 1 is 0.964 bits per heavy atom. The molecule has 1 amide bonds. The van der Waals surface area contributed by atoms with Gasteiger partial charge in [0.2, 0.25) is 5.91 Å². The van der Waals surface area contributed by atoms with Crippen molar-refractivity contribution in [2.75, 3.05) is 37.1 Å². The summed E-state index contributed by atoms with van der Waals surface area (Å²) in [6.07, 6.45) is 0. The van der Waals surface area contributed by atoms with Crippen molar-refractivity contribution in [1.29, 1.82) is 0 Å². The van der Waals surface area contributed by atoms with Crippen molar-refractivity contribution in [2.24, 2.45) is 0 Å². The van der Waals surface area contributed by atoms with E-state index in [9.17, 15) is 4.79 Å². The molecule has 28 heavy (non-hydrogen) atoms. The van der Waals surface area contributed by atoms with Gasteiger partial charge in [-0.15, -0.1) is 0 Å². The zero-order valence-electron chi connectivity index (χ0n) is 16.4. The van der Waals surface area contributed by atoms with E-state index in [1.165, 1.54) is 0 Å². The zero-order valence-corrected chi connectivity index (χ0v) is 16.4. The molecule has 7 nitrogen and oxygen atoms in total. The fraction of sp³-hybridized carbons (Fsp3) is 0.381. The van der Waals surface area contributed by atoms with Crippen LogP contribution in [0.2, 0.25) is 0 Å². The van der Waals surface area contributed by atoms with Gasteiger partial charge in [-0.2, -0.15) is 0 Å². The van der Waals surface area contributed by atoms with Crippen LogP contribution in [-0.2, 0) is 4.79 Å². The lowest BCUT2D eigenvalue weighted by atomic mass is 10.2. The summed E-state index contributed by atoms with van der Waals surface area (Å²) in [5, 5.41) is 6.08. The summed E-state index contributed by atoms with van der Waals surface area (Å²) < 4.78 is 22.2. The van der Waals surface area contributed by atoms with Gasteiger partial charge in [-0.3, -0.25) is 4.79 Å². The van der Waals surface area contributed by atoms with E-state index in [2.05, 4.69) is 10.6 Å². The van der Waals surface area contributed by atoms with Gasteiger partial charge in [0.25, 0.3) is 0 Å². The topological polar surface area (TPSA) is 78.1 Å². The Bertz CT molecular complexity index is 824. The van der Waals surface area contributed by atoms with E-state index < -0.39 is 6.04 Å². The number of ether oxygens (including phenoxy) is 4. The maximum atomic E-state index is 12.6. The van der Waals surface area contributed by atoms with E-state index in [4.69, 9.17) is 18.9 Å². The van der Waals surface area contributed by atoms with Gasteiger partial charge in [-0.05, 0) is 45.0 Å². The molecule has 2 aromatic carbocycles.